The summed E-state index contributed by atoms with van der Waals surface area (Å²) in [6.07, 6.45) is 4.80. The zero-order valence-electron chi connectivity index (χ0n) is 13.3. The number of fused-ring (bicyclic) bond motifs is 1. The van der Waals surface area contributed by atoms with Crippen molar-refractivity contribution in [3.05, 3.63) is 10.6 Å². The maximum atomic E-state index is 12.7. The molecule has 1 aliphatic rings. The molecular weight excluding hydrogens is 298 g/mol. The molecule has 0 aliphatic carbocycles. The van der Waals surface area contributed by atoms with Crippen molar-refractivity contribution in [2.75, 3.05) is 11.9 Å². The van der Waals surface area contributed by atoms with Gasteiger partial charge in [0.05, 0.1) is 12.2 Å². The molecular formula is C15H25N5OS. The van der Waals surface area contributed by atoms with Crippen molar-refractivity contribution < 1.29 is 4.79 Å². The van der Waals surface area contributed by atoms with Crippen LogP contribution in [0.1, 0.15) is 50.1 Å². The number of anilines is 1. The van der Waals surface area contributed by atoms with Crippen LogP contribution in [0.15, 0.2) is 0 Å². The highest BCUT2D eigenvalue weighted by Crippen LogP contribution is 2.29. The summed E-state index contributed by atoms with van der Waals surface area (Å²) in [5, 5.41) is 10.6. The van der Waals surface area contributed by atoms with E-state index in [0.29, 0.717) is 11.7 Å². The second kappa shape index (κ2) is 7.58. The highest BCUT2D eigenvalue weighted by molar-refractivity contribution is 7.15. The van der Waals surface area contributed by atoms with Crippen molar-refractivity contribution in [3.8, 4) is 0 Å². The Hall–Kier alpha value is -1.63. The van der Waals surface area contributed by atoms with Gasteiger partial charge in [0.2, 0.25) is 5.91 Å². The molecule has 6 nitrogen and oxygen atoms in total. The SMILES string of the molecule is CCCC(CCC)C(=O)N1CCc2nc(NC(=N)N)sc2C1. The van der Waals surface area contributed by atoms with Crippen LogP contribution in [0, 0.1) is 11.3 Å². The summed E-state index contributed by atoms with van der Waals surface area (Å²) >= 11 is 1.49. The first-order valence-corrected chi connectivity index (χ1v) is 8.75. The number of carbonyl (C=O) groups excluding carboxylic acids is 1. The molecule has 0 radical (unpaired) electrons. The summed E-state index contributed by atoms with van der Waals surface area (Å²) in [7, 11) is 0. The summed E-state index contributed by atoms with van der Waals surface area (Å²) in [4.78, 5) is 20.2. The van der Waals surface area contributed by atoms with E-state index in [1.165, 1.54) is 11.3 Å². The molecule has 4 N–H and O–H groups in total. The summed E-state index contributed by atoms with van der Waals surface area (Å²) < 4.78 is 0. The van der Waals surface area contributed by atoms with Crippen molar-refractivity contribution in [2.24, 2.45) is 11.7 Å². The number of nitrogens with one attached hydrogen (secondary N) is 2. The molecule has 0 saturated carbocycles. The maximum absolute atomic E-state index is 12.7. The Morgan fingerprint density at radius 2 is 2.14 bits per heavy atom. The Bertz CT molecular complexity index is 536. The Labute approximate surface area is 135 Å². The molecule has 1 aromatic heterocycles. The van der Waals surface area contributed by atoms with Gasteiger partial charge in [0, 0.05) is 23.8 Å². The van der Waals surface area contributed by atoms with Crippen LogP contribution < -0.4 is 11.1 Å². The van der Waals surface area contributed by atoms with E-state index in [9.17, 15) is 4.79 Å². The summed E-state index contributed by atoms with van der Waals surface area (Å²) in [6, 6.07) is 0. The molecule has 2 heterocycles. The molecule has 0 bridgehead atoms. The lowest BCUT2D eigenvalue weighted by molar-refractivity contribution is -0.137. The number of guanidine groups is 1. The average molecular weight is 323 g/mol. The first kappa shape index (κ1) is 16.7. The number of nitrogens with zero attached hydrogens (tertiary/aromatic N) is 2. The van der Waals surface area contributed by atoms with Crippen molar-refractivity contribution in [3.63, 3.8) is 0 Å². The smallest absolute Gasteiger partial charge is 0.226 e. The van der Waals surface area contributed by atoms with E-state index >= 15 is 0 Å². The second-order valence-corrected chi connectivity index (χ2v) is 6.80. The number of rotatable bonds is 6. The van der Waals surface area contributed by atoms with Gasteiger partial charge in [0.1, 0.15) is 0 Å². The van der Waals surface area contributed by atoms with Crippen LogP contribution in [-0.4, -0.2) is 28.3 Å². The minimum absolute atomic E-state index is 0.106. The van der Waals surface area contributed by atoms with Gasteiger partial charge in [0.15, 0.2) is 11.1 Å². The van der Waals surface area contributed by atoms with Gasteiger partial charge in [-0.05, 0) is 12.8 Å². The van der Waals surface area contributed by atoms with Crippen molar-refractivity contribution >= 4 is 28.3 Å². The van der Waals surface area contributed by atoms with E-state index in [-0.39, 0.29) is 17.8 Å². The minimum atomic E-state index is -0.106. The molecule has 1 aromatic rings. The maximum Gasteiger partial charge on any atom is 0.226 e. The van der Waals surface area contributed by atoms with Crippen LogP contribution in [0.25, 0.3) is 0 Å². The van der Waals surface area contributed by atoms with Gasteiger partial charge in [-0.15, -0.1) is 0 Å². The molecule has 0 saturated heterocycles. The van der Waals surface area contributed by atoms with Gasteiger partial charge in [-0.1, -0.05) is 38.0 Å². The van der Waals surface area contributed by atoms with Crippen LogP contribution in [0.4, 0.5) is 5.13 Å². The summed E-state index contributed by atoms with van der Waals surface area (Å²) in [5.74, 6) is 0.327. The Morgan fingerprint density at radius 1 is 1.45 bits per heavy atom. The molecule has 0 spiro atoms. The van der Waals surface area contributed by atoms with Gasteiger partial charge in [-0.3, -0.25) is 10.2 Å². The lowest BCUT2D eigenvalue weighted by Gasteiger charge is -2.29. The lowest BCUT2D eigenvalue weighted by atomic mass is 9.96. The number of carbonyl (C=O) groups is 1. The predicted octanol–water partition coefficient (Wildman–Crippen LogP) is 2.55. The normalized spacial score (nSPS) is 14.0. The first-order chi connectivity index (χ1) is 10.5. The van der Waals surface area contributed by atoms with Gasteiger partial charge in [0.25, 0.3) is 0 Å². The highest BCUT2D eigenvalue weighted by atomic mass is 32.1. The third kappa shape index (κ3) is 3.97. The van der Waals surface area contributed by atoms with E-state index in [1.54, 1.807) is 0 Å². The van der Waals surface area contributed by atoms with Gasteiger partial charge in [-0.25, -0.2) is 4.98 Å². The molecule has 2 rings (SSSR count). The zero-order chi connectivity index (χ0) is 16.1. The fourth-order valence-electron chi connectivity index (χ4n) is 2.90. The minimum Gasteiger partial charge on any atom is -0.370 e. The Morgan fingerprint density at radius 3 is 2.73 bits per heavy atom. The zero-order valence-corrected chi connectivity index (χ0v) is 14.1. The quantitative estimate of drug-likeness (QED) is 0.554. The number of hydrogen-bond donors (Lipinski definition) is 3. The van der Waals surface area contributed by atoms with Crippen LogP contribution in [-0.2, 0) is 17.8 Å². The van der Waals surface area contributed by atoms with E-state index in [0.717, 1.165) is 49.2 Å². The molecule has 1 aliphatic heterocycles. The fraction of sp³-hybridized carbons (Fsp3) is 0.667. The lowest BCUT2D eigenvalue weighted by Crippen LogP contribution is -2.39. The van der Waals surface area contributed by atoms with Crippen LogP contribution in [0.3, 0.4) is 0 Å². The van der Waals surface area contributed by atoms with Crippen molar-refractivity contribution in [1.29, 1.82) is 5.41 Å². The topological polar surface area (TPSA) is 95.1 Å². The summed E-state index contributed by atoms with van der Waals surface area (Å²) in [5.41, 5.74) is 6.37. The standard InChI is InChI=1S/C15H25N5OS/c1-3-5-10(6-4-2)13(21)20-8-7-11-12(9-20)22-15(18-11)19-14(16)17/h10H,3-9H2,1-2H3,(H4,16,17,18,19). The van der Waals surface area contributed by atoms with Crippen LogP contribution >= 0.6 is 11.3 Å². The monoisotopic (exact) mass is 323 g/mol. The van der Waals surface area contributed by atoms with Crippen molar-refractivity contribution in [2.45, 2.75) is 52.5 Å². The Balaban J connectivity index is 2.05. The second-order valence-electron chi connectivity index (χ2n) is 5.71. The molecule has 7 heteroatoms. The number of amides is 1. The predicted molar refractivity (Wildman–Crippen MR) is 90.1 cm³/mol. The van der Waals surface area contributed by atoms with E-state index in [2.05, 4.69) is 24.1 Å². The molecule has 0 fully saturated rings. The van der Waals surface area contributed by atoms with Crippen molar-refractivity contribution in [1.82, 2.24) is 9.88 Å². The third-order valence-electron chi connectivity index (χ3n) is 3.91. The fourth-order valence-corrected chi connectivity index (χ4v) is 3.93. The van der Waals surface area contributed by atoms with Crippen LogP contribution in [0.5, 0.6) is 0 Å². The molecule has 122 valence electrons. The number of nitrogens with two attached hydrogens (primary N) is 1. The van der Waals surface area contributed by atoms with E-state index < -0.39 is 0 Å². The first-order valence-electron chi connectivity index (χ1n) is 7.93. The van der Waals surface area contributed by atoms with E-state index in [1.807, 2.05) is 4.90 Å². The van der Waals surface area contributed by atoms with Gasteiger partial charge < -0.3 is 16.0 Å². The van der Waals surface area contributed by atoms with Gasteiger partial charge in [-0.2, -0.15) is 0 Å². The number of aromatic nitrogens is 1. The Kier molecular flexibility index (Phi) is 5.76. The number of hydrogen-bond acceptors (Lipinski definition) is 4. The largest absolute Gasteiger partial charge is 0.370 e. The number of thiazole rings is 1. The molecule has 1 amide bonds. The average Bonchev–Trinajstić information content (AvgIpc) is 2.86. The molecule has 0 aromatic carbocycles. The summed E-state index contributed by atoms with van der Waals surface area (Å²) in [6.45, 7) is 5.63. The molecule has 0 unspecified atom stereocenters. The van der Waals surface area contributed by atoms with Crippen LogP contribution in [0.2, 0.25) is 0 Å². The molecule has 22 heavy (non-hydrogen) atoms. The highest BCUT2D eigenvalue weighted by Gasteiger charge is 2.28. The van der Waals surface area contributed by atoms with Gasteiger partial charge >= 0.3 is 0 Å². The van der Waals surface area contributed by atoms with E-state index in [4.69, 9.17) is 11.1 Å². The molecule has 0 atom stereocenters. The third-order valence-corrected chi connectivity index (χ3v) is 4.91.